The third kappa shape index (κ3) is 2.16. The van der Waals surface area contributed by atoms with Gasteiger partial charge in [0.1, 0.15) is 0 Å². The van der Waals surface area contributed by atoms with E-state index in [2.05, 4.69) is 36.2 Å². The third-order valence-electron chi connectivity index (χ3n) is 4.80. The molecule has 1 atom stereocenters. The predicted molar refractivity (Wildman–Crippen MR) is 98.2 cm³/mol. The summed E-state index contributed by atoms with van der Waals surface area (Å²) in [5.74, 6) is 0.0390. The van der Waals surface area contributed by atoms with E-state index in [-0.39, 0.29) is 11.9 Å². The molecule has 3 heteroatoms. The molecular formula is C21H20N2O. The molecule has 1 N–H and O–H groups in total. The molecule has 0 saturated carbocycles. The van der Waals surface area contributed by atoms with Crippen LogP contribution >= 0.6 is 0 Å². The van der Waals surface area contributed by atoms with Gasteiger partial charge in [-0.05, 0) is 44.0 Å². The fourth-order valence-electron chi connectivity index (χ4n) is 3.84. The van der Waals surface area contributed by atoms with Gasteiger partial charge in [0, 0.05) is 27.8 Å². The van der Waals surface area contributed by atoms with E-state index in [4.69, 9.17) is 0 Å². The number of hydrogen-bond acceptors (Lipinski definition) is 1. The lowest BCUT2D eigenvalue weighted by atomic mass is 9.99. The number of anilines is 1. The van der Waals surface area contributed by atoms with Crippen molar-refractivity contribution in [3.05, 3.63) is 77.5 Å². The summed E-state index contributed by atoms with van der Waals surface area (Å²) < 4.78 is 0. The summed E-state index contributed by atoms with van der Waals surface area (Å²) in [6, 6.07) is 16.5. The van der Waals surface area contributed by atoms with E-state index >= 15 is 0 Å². The molecule has 0 spiro atoms. The highest BCUT2D eigenvalue weighted by Gasteiger charge is 2.35. The molecule has 0 saturated heterocycles. The molecule has 1 aromatic heterocycles. The quantitative estimate of drug-likeness (QED) is 0.684. The number of benzene rings is 2. The van der Waals surface area contributed by atoms with Crippen LogP contribution in [0.4, 0.5) is 5.69 Å². The Labute approximate surface area is 141 Å². The van der Waals surface area contributed by atoms with Crippen LogP contribution in [0, 0.1) is 6.92 Å². The highest BCUT2D eigenvalue weighted by atomic mass is 16.2. The highest BCUT2D eigenvalue weighted by molar-refractivity contribution is 6.04. The van der Waals surface area contributed by atoms with Crippen molar-refractivity contribution in [1.29, 1.82) is 0 Å². The second kappa shape index (κ2) is 5.68. The van der Waals surface area contributed by atoms with E-state index in [1.807, 2.05) is 42.2 Å². The number of para-hydroxylation sites is 2. The number of carbonyl (C=O) groups excluding carboxylic acids is 1. The Kier molecular flexibility index (Phi) is 3.49. The maximum Gasteiger partial charge on any atom is 0.251 e. The lowest BCUT2D eigenvalue weighted by molar-refractivity contribution is -0.114. The second-order valence-electron chi connectivity index (χ2n) is 6.27. The van der Waals surface area contributed by atoms with Crippen molar-refractivity contribution in [1.82, 2.24) is 4.98 Å². The minimum atomic E-state index is 0.0299. The molecule has 0 bridgehead atoms. The topological polar surface area (TPSA) is 36.1 Å². The van der Waals surface area contributed by atoms with E-state index in [9.17, 15) is 4.79 Å². The third-order valence-corrected chi connectivity index (χ3v) is 4.80. The van der Waals surface area contributed by atoms with Gasteiger partial charge >= 0.3 is 0 Å². The number of aromatic amines is 1. The number of aryl methyl sites for hydroxylation is 1. The number of H-pyrrole nitrogens is 1. The summed E-state index contributed by atoms with van der Waals surface area (Å²) in [5.41, 5.74) is 5.73. The molecule has 0 aliphatic carbocycles. The number of hydrogen-bond donors (Lipinski definition) is 1. The highest BCUT2D eigenvalue weighted by Crippen LogP contribution is 2.43. The van der Waals surface area contributed by atoms with Gasteiger partial charge < -0.3 is 9.88 Å². The molecular weight excluding hydrogens is 296 g/mol. The van der Waals surface area contributed by atoms with Crippen molar-refractivity contribution in [3.63, 3.8) is 0 Å². The van der Waals surface area contributed by atoms with Gasteiger partial charge in [-0.3, -0.25) is 4.79 Å². The van der Waals surface area contributed by atoms with Crippen molar-refractivity contribution < 1.29 is 4.79 Å². The van der Waals surface area contributed by atoms with Crippen molar-refractivity contribution in [2.75, 3.05) is 4.90 Å². The summed E-state index contributed by atoms with van der Waals surface area (Å²) in [4.78, 5) is 18.2. The number of nitrogens with one attached hydrogen (secondary N) is 1. The fraction of sp³-hybridized carbons (Fsp3) is 0.190. The summed E-state index contributed by atoms with van der Waals surface area (Å²) >= 11 is 0. The van der Waals surface area contributed by atoms with E-state index in [0.29, 0.717) is 0 Å². The lowest BCUT2D eigenvalue weighted by Gasteiger charge is -2.25. The summed E-state index contributed by atoms with van der Waals surface area (Å²) in [7, 11) is 0. The zero-order valence-electron chi connectivity index (χ0n) is 13.9. The first-order valence-electron chi connectivity index (χ1n) is 8.31. The molecule has 3 aromatic rings. The molecule has 1 aliphatic heterocycles. The van der Waals surface area contributed by atoms with Crippen LogP contribution in [0.15, 0.2) is 60.7 Å². The number of allylic oxidation sites excluding steroid dienone is 1. The number of nitrogens with zero attached hydrogens (tertiary/aromatic N) is 1. The van der Waals surface area contributed by atoms with Gasteiger partial charge in [-0.25, -0.2) is 0 Å². The van der Waals surface area contributed by atoms with Gasteiger partial charge in [0.15, 0.2) is 0 Å². The summed E-state index contributed by atoms with van der Waals surface area (Å²) in [5, 5.41) is 1.20. The van der Waals surface area contributed by atoms with Crippen LogP contribution in [-0.4, -0.2) is 10.9 Å². The molecule has 1 aliphatic rings. The van der Waals surface area contributed by atoms with E-state index < -0.39 is 0 Å². The van der Waals surface area contributed by atoms with Crippen molar-refractivity contribution in [2.45, 2.75) is 26.3 Å². The maximum atomic E-state index is 12.8. The molecule has 1 amide bonds. The molecule has 3 nitrogen and oxygen atoms in total. The monoisotopic (exact) mass is 316 g/mol. The average molecular weight is 316 g/mol. The van der Waals surface area contributed by atoms with Crippen LogP contribution in [0.2, 0.25) is 0 Å². The molecule has 0 fully saturated rings. The first-order valence-corrected chi connectivity index (χ1v) is 8.31. The molecule has 4 rings (SSSR count). The van der Waals surface area contributed by atoms with Gasteiger partial charge in [-0.2, -0.15) is 0 Å². The molecule has 2 aromatic carbocycles. The van der Waals surface area contributed by atoms with Crippen molar-refractivity contribution >= 4 is 22.5 Å². The van der Waals surface area contributed by atoms with Crippen LogP contribution in [-0.2, 0) is 11.2 Å². The first-order chi connectivity index (χ1) is 11.7. The Morgan fingerprint density at radius 1 is 1.17 bits per heavy atom. The number of carbonyl (C=O) groups is 1. The van der Waals surface area contributed by atoms with Gasteiger partial charge in [0.05, 0.1) is 6.04 Å². The van der Waals surface area contributed by atoms with Crippen LogP contribution in [0.1, 0.15) is 29.8 Å². The van der Waals surface area contributed by atoms with Crippen molar-refractivity contribution in [3.8, 4) is 0 Å². The minimum Gasteiger partial charge on any atom is -0.358 e. The Bertz CT molecular complexity index is 951. The van der Waals surface area contributed by atoms with E-state index in [0.717, 1.165) is 23.3 Å². The molecule has 2 heterocycles. The fourth-order valence-corrected chi connectivity index (χ4v) is 3.84. The van der Waals surface area contributed by atoms with Gasteiger partial charge in [-0.15, -0.1) is 0 Å². The van der Waals surface area contributed by atoms with Crippen LogP contribution in [0.3, 0.4) is 0 Å². The summed E-state index contributed by atoms with van der Waals surface area (Å²) in [6.45, 7) is 3.97. The van der Waals surface area contributed by atoms with E-state index in [1.54, 1.807) is 6.08 Å². The normalized spacial score (nSPS) is 16.9. The lowest BCUT2D eigenvalue weighted by Crippen LogP contribution is -2.30. The Hall–Kier alpha value is -2.81. The zero-order chi connectivity index (χ0) is 16.7. The van der Waals surface area contributed by atoms with Crippen LogP contribution in [0.5, 0.6) is 0 Å². The summed E-state index contributed by atoms with van der Waals surface area (Å²) in [6.07, 6.45) is 4.31. The van der Waals surface area contributed by atoms with Crippen molar-refractivity contribution in [2.24, 2.45) is 0 Å². The molecule has 1 unspecified atom stereocenters. The Morgan fingerprint density at radius 3 is 2.75 bits per heavy atom. The standard InChI is InChI=1S/C21H20N2O/c1-3-8-20(24)23-18-12-7-4-9-15(18)13-19(23)21-14(2)22-17-11-6-5-10-16(17)21/h3-12,19,22H,13H2,1-2H3. The number of rotatable bonds is 2. The largest absolute Gasteiger partial charge is 0.358 e. The second-order valence-corrected chi connectivity index (χ2v) is 6.27. The Morgan fingerprint density at radius 2 is 1.92 bits per heavy atom. The molecule has 120 valence electrons. The smallest absolute Gasteiger partial charge is 0.251 e. The number of aromatic nitrogens is 1. The SMILES string of the molecule is CC=CC(=O)N1c2ccccc2CC1c1c(C)[nH]c2ccccc12. The van der Waals surface area contributed by atoms with Crippen LogP contribution < -0.4 is 4.90 Å². The maximum absolute atomic E-state index is 12.8. The average Bonchev–Trinajstić information content (AvgIpc) is 3.11. The number of fused-ring (bicyclic) bond motifs is 2. The predicted octanol–water partition coefficient (Wildman–Crippen LogP) is 4.68. The molecule has 0 radical (unpaired) electrons. The zero-order valence-corrected chi connectivity index (χ0v) is 13.9. The molecule has 24 heavy (non-hydrogen) atoms. The van der Waals surface area contributed by atoms with Gasteiger partial charge in [0.25, 0.3) is 5.91 Å². The number of amides is 1. The van der Waals surface area contributed by atoms with E-state index in [1.165, 1.54) is 16.5 Å². The Balaban J connectivity index is 1.90. The first kappa shape index (κ1) is 14.8. The minimum absolute atomic E-state index is 0.0299. The van der Waals surface area contributed by atoms with Crippen LogP contribution in [0.25, 0.3) is 10.9 Å². The van der Waals surface area contributed by atoms with Gasteiger partial charge in [-0.1, -0.05) is 42.5 Å². The van der Waals surface area contributed by atoms with Gasteiger partial charge in [0.2, 0.25) is 0 Å².